The van der Waals surface area contributed by atoms with E-state index in [-0.39, 0.29) is 13.2 Å². The molecular weight excluding hydrogens is 352 g/mol. The van der Waals surface area contributed by atoms with Crippen molar-refractivity contribution in [1.29, 1.82) is 0 Å². The lowest BCUT2D eigenvalue weighted by molar-refractivity contribution is -0.350. The van der Waals surface area contributed by atoms with E-state index in [0.717, 1.165) is 5.56 Å². The lowest BCUT2D eigenvalue weighted by Gasteiger charge is -2.46. The van der Waals surface area contributed by atoms with Gasteiger partial charge < -0.3 is 34.3 Å². The van der Waals surface area contributed by atoms with Gasteiger partial charge in [0.1, 0.15) is 30.2 Å². The highest BCUT2D eigenvalue weighted by atomic mass is 16.8. The zero-order valence-electron chi connectivity index (χ0n) is 14.5. The van der Waals surface area contributed by atoms with Crippen LogP contribution < -0.4 is 4.74 Å². The summed E-state index contributed by atoms with van der Waals surface area (Å²) in [6, 6.07) is 16.3. The maximum absolute atomic E-state index is 10.6. The molecule has 2 heterocycles. The zero-order chi connectivity index (χ0) is 18.8. The molecule has 0 spiro atoms. The summed E-state index contributed by atoms with van der Waals surface area (Å²) in [4.78, 5) is 0. The molecule has 3 N–H and O–H groups in total. The first kappa shape index (κ1) is 18.4. The molecule has 2 aromatic carbocycles. The van der Waals surface area contributed by atoms with Crippen LogP contribution in [0.15, 0.2) is 54.6 Å². The summed E-state index contributed by atoms with van der Waals surface area (Å²) in [6.07, 6.45) is -5.58. The van der Waals surface area contributed by atoms with Crippen molar-refractivity contribution in [2.24, 2.45) is 0 Å². The molecule has 4 rings (SSSR count). The second-order valence-electron chi connectivity index (χ2n) is 6.58. The third-order valence-corrected chi connectivity index (χ3v) is 4.79. The number of hydrogen-bond acceptors (Lipinski definition) is 7. The van der Waals surface area contributed by atoms with Crippen molar-refractivity contribution in [2.45, 2.75) is 43.6 Å². The number of para-hydroxylation sites is 1. The molecule has 0 aromatic heterocycles. The lowest BCUT2D eigenvalue weighted by Crippen LogP contribution is -2.62. The van der Waals surface area contributed by atoms with Crippen LogP contribution in [-0.2, 0) is 20.8 Å². The van der Waals surface area contributed by atoms with Gasteiger partial charge in [-0.2, -0.15) is 0 Å². The van der Waals surface area contributed by atoms with E-state index in [0.29, 0.717) is 11.3 Å². The van der Waals surface area contributed by atoms with Crippen molar-refractivity contribution in [2.75, 3.05) is 6.61 Å². The summed E-state index contributed by atoms with van der Waals surface area (Å²) in [5, 5.41) is 30.5. The summed E-state index contributed by atoms with van der Waals surface area (Å²) in [6.45, 7) is -0.0198. The van der Waals surface area contributed by atoms with Crippen molar-refractivity contribution in [1.82, 2.24) is 0 Å². The Balaban J connectivity index is 1.47. The van der Waals surface area contributed by atoms with Gasteiger partial charge in [-0.05, 0) is 6.07 Å². The Morgan fingerprint density at radius 2 is 1.67 bits per heavy atom. The number of rotatable bonds is 4. The lowest BCUT2D eigenvalue weighted by atomic mass is 9.98. The number of ether oxygens (including phenoxy) is 4. The van der Waals surface area contributed by atoms with E-state index < -0.39 is 37.0 Å². The van der Waals surface area contributed by atoms with Crippen LogP contribution in [0.3, 0.4) is 0 Å². The highest BCUT2D eigenvalue weighted by Gasteiger charge is 2.49. The first-order chi connectivity index (χ1) is 13.2. The van der Waals surface area contributed by atoms with E-state index in [1.165, 1.54) is 0 Å². The van der Waals surface area contributed by atoms with Crippen molar-refractivity contribution in [3.05, 3.63) is 65.7 Å². The number of aliphatic hydroxyl groups is 3. The van der Waals surface area contributed by atoms with E-state index in [2.05, 4.69) is 0 Å². The molecular formula is C20H22O7. The quantitative estimate of drug-likeness (QED) is 0.738. The fourth-order valence-electron chi connectivity index (χ4n) is 3.33. The van der Waals surface area contributed by atoms with Gasteiger partial charge in [-0.15, -0.1) is 0 Å². The van der Waals surface area contributed by atoms with Gasteiger partial charge in [0.2, 0.25) is 6.29 Å². The second-order valence-corrected chi connectivity index (χ2v) is 6.58. The van der Waals surface area contributed by atoms with Gasteiger partial charge in [0.05, 0.1) is 13.2 Å². The minimum Gasteiger partial charge on any atom is -0.462 e. The third kappa shape index (κ3) is 3.70. The number of fused-ring (bicyclic) bond motifs is 1. The average Bonchev–Trinajstić information content (AvgIpc) is 2.72. The molecule has 7 heteroatoms. The molecule has 144 valence electrons. The van der Waals surface area contributed by atoms with Crippen molar-refractivity contribution in [3.63, 3.8) is 0 Å². The predicted molar refractivity (Wildman–Crippen MR) is 93.7 cm³/mol. The van der Waals surface area contributed by atoms with Gasteiger partial charge in [-0.25, -0.2) is 0 Å². The second kappa shape index (κ2) is 7.93. The Labute approximate surface area is 156 Å². The van der Waals surface area contributed by atoms with Gasteiger partial charge in [-0.3, -0.25) is 0 Å². The van der Waals surface area contributed by atoms with Crippen molar-refractivity contribution < 1.29 is 34.3 Å². The first-order valence-corrected chi connectivity index (χ1v) is 8.86. The molecule has 2 aliphatic heterocycles. The van der Waals surface area contributed by atoms with Crippen LogP contribution in [0.4, 0.5) is 0 Å². The molecule has 0 saturated carbocycles. The highest BCUT2D eigenvalue weighted by molar-refractivity contribution is 5.32. The summed E-state index contributed by atoms with van der Waals surface area (Å²) < 4.78 is 23.1. The van der Waals surface area contributed by atoms with Crippen molar-refractivity contribution in [3.8, 4) is 5.75 Å². The Hall–Kier alpha value is -2.00. The minimum absolute atomic E-state index is 0.190. The Morgan fingerprint density at radius 1 is 0.926 bits per heavy atom. The Bertz CT molecular complexity index is 751. The molecule has 0 amide bonds. The molecule has 0 radical (unpaired) electrons. The normalized spacial score (nSPS) is 33.3. The largest absolute Gasteiger partial charge is 0.462 e. The van der Waals surface area contributed by atoms with Gasteiger partial charge in [-0.1, -0.05) is 48.5 Å². The first-order valence-electron chi connectivity index (χ1n) is 8.86. The van der Waals surface area contributed by atoms with Crippen LogP contribution in [0.1, 0.15) is 17.4 Å². The molecule has 0 bridgehead atoms. The predicted octanol–water partition coefficient (Wildman–Crippen LogP) is 1.12. The van der Waals surface area contributed by atoms with Crippen molar-refractivity contribution >= 4 is 0 Å². The standard InChI is InChI=1S/C20H22O7/c21-10-13-8-4-5-9-14(13)25-20-17(23)16(22)18-15(26-20)11-24-19(27-18)12-6-2-1-3-7-12/h1-9,15-23H,10-11H2/t15-,16-,17-,18-,19-,20-/m1/s1. The molecule has 2 aromatic rings. The molecule has 2 fully saturated rings. The molecule has 27 heavy (non-hydrogen) atoms. The molecule has 0 unspecified atom stereocenters. The minimum atomic E-state index is -1.31. The van der Waals surface area contributed by atoms with E-state index in [1.54, 1.807) is 24.3 Å². The Kier molecular flexibility index (Phi) is 5.40. The van der Waals surface area contributed by atoms with Gasteiger partial charge in [0, 0.05) is 11.1 Å². The van der Waals surface area contributed by atoms with Crippen LogP contribution in [0, 0.1) is 0 Å². The monoisotopic (exact) mass is 374 g/mol. The van der Waals surface area contributed by atoms with Crippen LogP contribution in [-0.4, -0.2) is 52.6 Å². The maximum Gasteiger partial charge on any atom is 0.229 e. The summed E-state index contributed by atoms with van der Waals surface area (Å²) in [7, 11) is 0. The van der Waals surface area contributed by atoms with Gasteiger partial charge in [0.15, 0.2) is 6.29 Å². The average molecular weight is 374 g/mol. The smallest absolute Gasteiger partial charge is 0.229 e. The zero-order valence-corrected chi connectivity index (χ0v) is 14.5. The number of aliphatic hydroxyl groups excluding tert-OH is 3. The highest BCUT2D eigenvalue weighted by Crippen LogP contribution is 2.35. The summed E-state index contributed by atoms with van der Waals surface area (Å²) >= 11 is 0. The Morgan fingerprint density at radius 3 is 2.44 bits per heavy atom. The molecule has 2 aliphatic rings. The van der Waals surface area contributed by atoms with Crippen LogP contribution in [0.25, 0.3) is 0 Å². The van der Waals surface area contributed by atoms with Crippen LogP contribution in [0.5, 0.6) is 5.75 Å². The fraction of sp³-hybridized carbons (Fsp3) is 0.400. The molecule has 6 atom stereocenters. The molecule has 0 aliphatic carbocycles. The third-order valence-electron chi connectivity index (χ3n) is 4.79. The SMILES string of the molecule is OCc1ccccc1O[C@@H]1O[C@@H]2CO[C@@H](c3ccccc3)O[C@H]2[C@H](O)[C@H]1O. The van der Waals surface area contributed by atoms with Crippen LogP contribution >= 0.6 is 0 Å². The number of hydrogen-bond donors (Lipinski definition) is 3. The summed E-state index contributed by atoms with van der Waals surface area (Å²) in [5.74, 6) is 0.384. The van der Waals surface area contributed by atoms with Crippen LogP contribution in [0.2, 0.25) is 0 Å². The number of benzene rings is 2. The molecule has 2 saturated heterocycles. The van der Waals surface area contributed by atoms with E-state index in [1.807, 2.05) is 30.3 Å². The summed E-state index contributed by atoms with van der Waals surface area (Å²) in [5.41, 5.74) is 1.39. The van der Waals surface area contributed by atoms with Gasteiger partial charge >= 0.3 is 0 Å². The maximum atomic E-state index is 10.6. The molecule has 7 nitrogen and oxygen atoms in total. The topological polar surface area (TPSA) is 97.6 Å². The van der Waals surface area contributed by atoms with Gasteiger partial charge in [0.25, 0.3) is 0 Å². The van der Waals surface area contributed by atoms with E-state index in [9.17, 15) is 15.3 Å². The van der Waals surface area contributed by atoms with E-state index >= 15 is 0 Å². The van der Waals surface area contributed by atoms with E-state index in [4.69, 9.17) is 18.9 Å². The fourth-order valence-corrected chi connectivity index (χ4v) is 3.33.